The maximum absolute atomic E-state index is 11.6. The predicted octanol–water partition coefficient (Wildman–Crippen LogP) is 0.0608. The molecule has 16 heavy (non-hydrogen) atoms. The average Bonchev–Trinajstić information content (AvgIpc) is 2.46. The average molecular weight is 283 g/mol. The summed E-state index contributed by atoms with van der Waals surface area (Å²) < 4.78 is 44.9. The summed E-state index contributed by atoms with van der Waals surface area (Å²) in [5.74, 6) is -1.09. The van der Waals surface area contributed by atoms with E-state index in [1.807, 2.05) is 0 Å². The molecule has 0 aliphatic rings. The van der Waals surface area contributed by atoms with Crippen molar-refractivity contribution >= 4 is 31.2 Å². The minimum atomic E-state index is -4.17. The van der Waals surface area contributed by atoms with Gasteiger partial charge in [0, 0.05) is 5.38 Å². The molecule has 0 aliphatic carbocycles. The Morgan fingerprint density at radius 3 is 2.44 bits per heavy atom. The van der Waals surface area contributed by atoms with Crippen molar-refractivity contribution in [2.24, 2.45) is 5.14 Å². The molecule has 0 saturated heterocycles. The van der Waals surface area contributed by atoms with Crippen LogP contribution in [0.4, 0.5) is 0 Å². The molecule has 0 aliphatic heterocycles. The van der Waals surface area contributed by atoms with Gasteiger partial charge in [-0.1, -0.05) is 6.08 Å². The van der Waals surface area contributed by atoms with Crippen LogP contribution in [-0.4, -0.2) is 27.7 Å². The van der Waals surface area contributed by atoms with Gasteiger partial charge in [0.05, 0.1) is 5.75 Å². The lowest BCUT2D eigenvalue weighted by Gasteiger charge is -2.02. The topological polar surface area (TPSA) is 115 Å². The van der Waals surface area contributed by atoms with Gasteiger partial charge in [0.15, 0.2) is 14.0 Å². The van der Waals surface area contributed by atoms with Crippen molar-refractivity contribution in [2.75, 3.05) is 5.75 Å². The Morgan fingerprint density at radius 2 is 2.00 bits per heavy atom. The third-order valence-electron chi connectivity index (χ3n) is 1.60. The molecular formula is C7H9NO5S3. The van der Waals surface area contributed by atoms with E-state index in [-0.39, 0.29) is 0 Å². The van der Waals surface area contributed by atoms with Crippen LogP contribution in [0, 0.1) is 0 Å². The van der Waals surface area contributed by atoms with E-state index in [2.05, 4.69) is 6.58 Å². The first-order chi connectivity index (χ1) is 7.20. The molecule has 0 spiro atoms. The zero-order valence-corrected chi connectivity index (χ0v) is 10.4. The highest BCUT2D eigenvalue weighted by Crippen LogP contribution is 2.35. The first-order valence-corrected chi connectivity index (χ1v) is 7.95. The van der Waals surface area contributed by atoms with Crippen LogP contribution in [0.1, 0.15) is 0 Å². The Hall–Kier alpha value is -0.900. The summed E-state index contributed by atoms with van der Waals surface area (Å²) in [6, 6.07) is 0. The highest BCUT2D eigenvalue weighted by atomic mass is 32.2. The Kier molecular flexibility index (Phi) is 3.43. The Balaban J connectivity index is 3.57. The molecule has 0 radical (unpaired) electrons. The predicted molar refractivity (Wildman–Crippen MR) is 59.6 cm³/mol. The zero-order valence-electron chi connectivity index (χ0n) is 7.95. The quantitative estimate of drug-likeness (QED) is 0.758. The van der Waals surface area contributed by atoms with E-state index in [9.17, 15) is 21.9 Å². The lowest BCUT2D eigenvalue weighted by Crippen LogP contribution is -2.15. The van der Waals surface area contributed by atoms with Crippen molar-refractivity contribution in [2.45, 2.75) is 9.10 Å². The molecule has 0 saturated carbocycles. The fraction of sp³-hybridized carbons (Fsp3) is 0.143. The third kappa shape index (κ3) is 2.43. The van der Waals surface area contributed by atoms with Crippen LogP contribution in [0.3, 0.4) is 0 Å². The van der Waals surface area contributed by atoms with Gasteiger partial charge < -0.3 is 5.11 Å². The molecule has 1 heterocycles. The molecule has 0 bridgehead atoms. The van der Waals surface area contributed by atoms with Gasteiger partial charge in [-0.3, -0.25) is 0 Å². The molecule has 6 nitrogen and oxygen atoms in total. The summed E-state index contributed by atoms with van der Waals surface area (Å²) in [5.41, 5.74) is 0. The van der Waals surface area contributed by atoms with Crippen molar-refractivity contribution in [1.29, 1.82) is 0 Å². The first kappa shape index (κ1) is 13.2. The molecule has 0 aromatic carbocycles. The minimum absolute atomic E-state index is 0.472. The summed E-state index contributed by atoms with van der Waals surface area (Å²) in [6.45, 7) is 3.24. The number of primary sulfonamides is 1. The van der Waals surface area contributed by atoms with Gasteiger partial charge in [-0.15, -0.1) is 17.9 Å². The lowest BCUT2D eigenvalue weighted by molar-refractivity contribution is 0.459. The molecule has 0 unspecified atom stereocenters. The van der Waals surface area contributed by atoms with Gasteiger partial charge in [-0.25, -0.2) is 22.0 Å². The van der Waals surface area contributed by atoms with E-state index in [4.69, 9.17) is 5.14 Å². The molecule has 0 amide bonds. The van der Waals surface area contributed by atoms with E-state index in [0.29, 0.717) is 11.3 Å². The third-order valence-corrected chi connectivity index (χ3v) is 6.04. The van der Waals surface area contributed by atoms with Gasteiger partial charge in [0.2, 0.25) is 10.0 Å². The fourth-order valence-corrected chi connectivity index (χ4v) is 5.07. The summed E-state index contributed by atoms with van der Waals surface area (Å²) in [5, 5.41) is 15.2. The maximum Gasteiger partial charge on any atom is 0.249 e. The van der Waals surface area contributed by atoms with Crippen molar-refractivity contribution in [3.8, 4) is 5.75 Å². The van der Waals surface area contributed by atoms with Crippen molar-refractivity contribution in [1.82, 2.24) is 0 Å². The SMILES string of the molecule is C=CCS(=O)(=O)c1c(O)csc1S(N)(=O)=O. The molecule has 1 aromatic rings. The van der Waals surface area contributed by atoms with E-state index in [1.54, 1.807) is 0 Å². The number of aromatic hydroxyl groups is 1. The molecule has 90 valence electrons. The molecule has 0 atom stereocenters. The second-order valence-corrected chi connectivity index (χ2v) is 7.46. The number of thiophene rings is 1. The van der Waals surface area contributed by atoms with Crippen molar-refractivity contribution in [3.05, 3.63) is 18.0 Å². The molecule has 1 aromatic heterocycles. The highest BCUT2D eigenvalue weighted by molar-refractivity contribution is 7.95. The smallest absolute Gasteiger partial charge is 0.249 e. The summed E-state index contributed by atoms with van der Waals surface area (Å²) in [7, 11) is -8.10. The first-order valence-electron chi connectivity index (χ1n) is 3.87. The van der Waals surface area contributed by atoms with Crippen LogP contribution < -0.4 is 5.14 Å². The number of hydrogen-bond donors (Lipinski definition) is 2. The largest absolute Gasteiger partial charge is 0.506 e. The fourth-order valence-electron chi connectivity index (χ4n) is 1.04. The number of sulfonamides is 1. The van der Waals surface area contributed by atoms with E-state index < -0.39 is 40.5 Å². The van der Waals surface area contributed by atoms with Gasteiger partial charge >= 0.3 is 0 Å². The normalized spacial score (nSPS) is 12.6. The van der Waals surface area contributed by atoms with E-state index in [1.165, 1.54) is 0 Å². The van der Waals surface area contributed by atoms with Gasteiger partial charge in [-0.05, 0) is 0 Å². The second kappa shape index (κ2) is 4.17. The second-order valence-electron chi connectivity index (χ2n) is 2.85. The van der Waals surface area contributed by atoms with Crippen molar-refractivity contribution < 1.29 is 21.9 Å². The molecule has 1 rings (SSSR count). The van der Waals surface area contributed by atoms with Gasteiger partial charge in [0.1, 0.15) is 10.6 Å². The van der Waals surface area contributed by atoms with Gasteiger partial charge in [0.25, 0.3) is 0 Å². The highest BCUT2D eigenvalue weighted by Gasteiger charge is 2.29. The molecule has 9 heteroatoms. The summed E-state index contributed by atoms with van der Waals surface area (Å²) in [4.78, 5) is -0.653. The molecule has 0 fully saturated rings. The van der Waals surface area contributed by atoms with Gasteiger partial charge in [-0.2, -0.15) is 0 Å². The van der Waals surface area contributed by atoms with Crippen LogP contribution in [0.25, 0.3) is 0 Å². The van der Waals surface area contributed by atoms with Crippen LogP contribution in [0.15, 0.2) is 27.1 Å². The Labute approximate surface area is 97.0 Å². The van der Waals surface area contributed by atoms with Crippen LogP contribution in [0.5, 0.6) is 5.75 Å². The van der Waals surface area contributed by atoms with Crippen LogP contribution in [0.2, 0.25) is 0 Å². The molecule has 3 N–H and O–H groups in total. The van der Waals surface area contributed by atoms with E-state index >= 15 is 0 Å². The maximum atomic E-state index is 11.6. The summed E-state index contributed by atoms with van der Waals surface area (Å²) in [6.07, 6.45) is 1.10. The molecular weight excluding hydrogens is 274 g/mol. The van der Waals surface area contributed by atoms with Crippen LogP contribution in [-0.2, 0) is 19.9 Å². The van der Waals surface area contributed by atoms with Crippen LogP contribution >= 0.6 is 11.3 Å². The lowest BCUT2D eigenvalue weighted by atomic mass is 10.6. The number of hydrogen-bond acceptors (Lipinski definition) is 6. The summed E-state index contributed by atoms with van der Waals surface area (Å²) >= 11 is 0.559. The van der Waals surface area contributed by atoms with Crippen molar-refractivity contribution in [3.63, 3.8) is 0 Å². The Morgan fingerprint density at radius 1 is 1.44 bits per heavy atom. The number of sulfone groups is 1. The monoisotopic (exact) mass is 283 g/mol. The Bertz CT molecular complexity index is 610. The number of rotatable bonds is 4. The van der Waals surface area contributed by atoms with E-state index in [0.717, 1.165) is 11.5 Å². The number of nitrogens with two attached hydrogens (primary N) is 1. The minimum Gasteiger partial charge on any atom is -0.506 e. The standard InChI is InChI=1S/C7H9NO5S3/c1-2-3-15(10,11)6-5(9)4-14-7(6)16(8,12)13/h2,4,9H,1,3H2,(H2,8,12,13). The zero-order chi connectivity index (χ0) is 12.6.